The van der Waals surface area contributed by atoms with Gasteiger partial charge in [0.15, 0.2) is 5.69 Å². The zero-order chi connectivity index (χ0) is 17.6. The summed E-state index contributed by atoms with van der Waals surface area (Å²) in [6.45, 7) is 0.694. The Labute approximate surface area is 156 Å². The van der Waals surface area contributed by atoms with E-state index in [9.17, 15) is 9.60 Å². The second-order valence-corrected chi connectivity index (χ2v) is 7.61. The first-order chi connectivity index (χ1) is 12.2. The van der Waals surface area contributed by atoms with Gasteiger partial charge in [-0.25, -0.2) is 9.02 Å². The molecule has 0 bridgehead atoms. The number of nitrogens with zero attached hydrogens (tertiary/aromatic N) is 3. The number of anilines is 2. The Kier molecular flexibility index (Phi) is 6.14. The number of rotatable bonds is 8. The van der Waals surface area contributed by atoms with Crippen LogP contribution in [0.15, 0.2) is 32.5 Å². The minimum absolute atomic E-state index is 0.0490. The Morgan fingerprint density at radius 1 is 1.44 bits per heavy atom. The summed E-state index contributed by atoms with van der Waals surface area (Å²) in [5.74, 6) is 3.06. The first-order valence-corrected chi connectivity index (χ1v) is 9.71. The van der Waals surface area contributed by atoms with Crippen molar-refractivity contribution in [3.8, 4) is 0 Å². The van der Waals surface area contributed by atoms with Crippen LogP contribution in [0.4, 0.5) is 15.9 Å². The maximum absolute atomic E-state index is 13.3. The largest absolute Gasteiger partial charge is 0.409 e. The van der Waals surface area contributed by atoms with Crippen LogP contribution < -0.4 is 10.6 Å². The molecule has 0 aliphatic heterocycles. The van der Waals surface area contributed by atoms with E-state index in [0.29, 0.717) is 22.5 Å². The van der Waals surface area contributed by atoms with Crippen LogP contribution in [0.1, 0.15) is 18.5 Å². The molecule has 0 saturated heterocycles. The lowest BCUT2D eigenvalue weighted by Gasteiger charge is -2.08. The molecular formula is C15H17BrFN5O2S. The molecule has 3 N–H and O–H groups in total. The SMILES string of the molecule is O/N=C(\Nc1ccc(F)c(Br)c1)c1nonc1NCCSCC1CC1. The van der Waals surface area contributed by atoms with E-state index in [1.807, 2.05) is 11.8 Å². The fourth-order valence-electron chi connectivity index (χ4n) is 2.08. The van der Waals surface area contributed by atoms with Gasteiger partial charge in [0.2, 0.25) is 11.7 Å². The highest BCUT2D eigenvalue weighted by atomic mass is 79.9. The number of aromatic nitrogens is 2. The van der Waals surface area contributed by atoms with E-state index in [0.717, 1.165) is 11.7 Å². The molecule has 7 nitrogen and oxygen atoms in total. The molecule has 1 aliphatic rings. The summed E-state index contributed by atoms with van der Waals surface area (Å²) in [6.07, 6.45) is 2.69. The van der Waals surface area contributed by atoms with Gasteiger partial charge in [-0.2, -0.15) is 11.8 Å². The summed E-state index contributed by atoms with van der Waals surface area (Å²) in [6, 6.07) is 4.33. The van der Waals surface area contributed by atoms with Gasteiger partial charge in [-0.3, -0.25) is 0 Å². The lowest BCUT2D eigenvalue weighted by molar-refractivity contribution is 0.305. The van der Waals surface area contributed by atoms with Gasteiger partial charge in [-0.1, -0.05) is 5.16 Å². The number of nitrogens with one attached hydrogen (secondary N) is 2. The normalized spacial score (nSPS) is 14.6. The van der Waals surface area contributed by atoms with Crippen molar-refractivity contribution < 1.29 is 14.2 Å². The molecule has 3 rings (SSSR count). The summed E-state index contributed by atoms with van der Waals surface area (Å²) in [5, 5.41) is 26.0. The van der Waals surface area contributed by atoms with Gasteiger partial charge in [0, 0.05) is 18.0 Å². The first kappa shape index (κ1) is 18.0. The number of hydrogen-bond donors (Lipinski definition) is 3. The Morgan fingerprint density at radius 3 is 3.00 bits per heavy atom. The molecule has 0 amide bonds. The van der Waals surface area contributed by atoms with Gasteiger partial charge >= 0.3 is 0 Å². The van der Waals surface area contributed by atoms with E-state index in [2.05, 4.69) is 42.0 Å². The molecule has 10 heteroatoms. The number of thioether (sulfide) groups is 1. The third kappa shape index (κ3) is 5.08. The summed E-state index contributed by atoms with van der Waals surface area (Å²) < 4.78 is 18.3. The number of benzene rings is 1. The Balaban J connectivity index is 1.58. The highest BCUT2D eigenvalue weighted by Crippen LogP contribution is 2.32. The van der Waals surface area contributed by atoms with Crippen LogP contribution in [0.3, 0.4) is 0 Å². The molecule has 1 aromatic heterocycles. The highest BCUT2D eigenvalue weighted by Gasteiger charge is 2.21. The zero-order valence-electron chi connectivity index (χ0n) is 13.2. The van der Waals surface area contributed by atoms with Crippen molar-refractivity contribution in [3.05, 3.63) is 34.2 Å². The van der Waals surface area contributed by atoms with Gasteiger partial charge in [0.1, 0.15) is 5.82 Å². The number of halogens is 2. The van der Waals surface area contributed by atoms with Gasteiger partial charge in [-0.05, 0) is 69.0 Å². The molecule has 0 radical (unpaired) electrons. The molecule has 1 saturated carbocycles. The van der Waals surface area contributed by atoms with Gasteiger partial charge in [0.05, 0.1) is 4.47 Å². The van der Waals surface area contributed by atoms with Gasteiger partial charge in [0.25, 0.3) is 0 Å². The van der Waals surface area contributed by atoms with E-state index in [4.69, 9.17) is 4.63 Å². The van der Waals surface area contributed by atoms with Gasteiger partial charge < -0.3 is 15.8 Å². The van der Waals surface area contributed by atoms with Crippen LogP contribution in [0.25, 0.3) is 0 Å². The maximum Gasteiger partial charge on any atom is 0.203 e. The molecular weight excluding hydrogens is 413 g/mol. The number of oxime groups is 1. The summed E-state index contributed by atoms with van der Waals surface area (Å²) >= 11 is 5.00. The molecule has 1 fully saturated rings. The molecule has 25 heavy (non-hydrogen) atoms. The predicted molar refractivity (Wildman–Crippen MR) is 98.9 cm³/mol. The summed E-state index contributed by atoms with van der Waals surface area (Å²) in [4.78, 5) is 0. The van der Waals surface area contributed by atoms with Crippen molar-refractivity contribution >= 4 is 45.0 Å². The monoisotopic (exact) mass is 429 g/mol. The first-order valence-electron chi connectivity index (χ1n) is 7.76. The van der Waals surface area contributed by atoms with E-state index in [1.165, 1.54) is 36.8 Å². The molecule has 0 unspecified atom stereocenters. The van der Waals surface area contributed by atoms with E-state index in [1.54, 1.807) is 0 Å². The standard InChI is InChI=1S/C15H17BrFN5O2S/c16-11-7-10(3-4-12(11)17)19-15(20-23)13-14(22-24-21-13)18-5-6-25-8-9-1-2-9/h3-4,7,9,23H,1-2,5-6,8H2,(H,18,22)(H,19,20). The van der Waals surface area contributed by atoms with Gasteiger partial charge in [-0.15, -0.1) is 0 Å². The molecule has 134 valence electrons. The van der Waals surface area contributed by atoms with Crippen LogP contribution in [0, 0.1) is 11.7 Å². The molecule has 1 aromatic carbocycles. The summed E-state index contributed by atoms with van der Waals surface area (Å²) in [5.41, 5.74) is 0.769. The van der Waals surface area contributed by atoms with Crippen LogP contribution in [-0.4, -0.2) is 39.4 Å². The lowest BCUT2D eigenvalue weighted by atomic mass is 10.3. The minimum atomic E-state index is -0.387. The number of amidine groups is 1. The Bertz CT molecular complexity index is 753. The quantitative estimate of drug-likeness (QED) is 0.193. The smallest absolute Gasteiger partial charge is 0.203 e. The topological polar surface area (TPSA) is 95.6 Å². The third-order valence-corrected chi connectivity index (χ3v) is 5.39. The average molecular weight is 430 g/mol. The minimum Gasteiger partial charge on any atom is -0.409 e. The molecule has 1 heterocycles. The van der Waals surface area contributed by atoms with Crippen LogP contribution in [-0.2, 0) is 0 Å². The van der Waals surface area contributed by atoms with Crippen molar-refractivity contribution in [3.63, 3.8) is 0 Å². The maximum atomic E-state index is 13.3. The molecule has 1 aliphatic carbocycles. The van der Waals surface area contributed by atoms with E-state index >= 15 is 0 Å². The number of hydrogen-bond acceptors (Lipinski definition) is 7. The second-order valence-electron chi connectivity index (χ2n) is 5.61. The third-order valence-electron chi connectivity index (χ3n) is 3.58. The van der Waals surface area contributed by atoms with Crippen molar-refractivity contribution in [1.29, 1.82) is 0 Å². The Hall–Kier alpha value is -1.81. The fourth-order valence-corrected chi connectivity index (χ4v) is 3.54. The Morgan fingerprint density at radius 2 is 2.28 bits per heavy atom. The van der Waals surface area contributed by atoms with Crippen LogP contribution >= 0.6 is 27.7 Å². The van der Waals surface area contributed by atoms with Crippen molar-refractivity contribution in [2.24, 2.45) is 11.1 Å². The summed E-state index contributed by atoms with van der Waals surface area (Å²) in [7, 11) is 0. The average Bonchev–Trinajstić information content (AvgIpc) is 3.32. The lowest BCUT2D eigenvalue weighted by Crippen LogP contribution is -2.17. The van der Waals surface area contributed by atoms with Crippen molar-refractivity contribution in [2.75, 3.05) is 28.7 Å². The second kappa shape index (κ2) is 8.52. The molecule has 0 spiro atoms. The van der Waals surface area contributed by atoms with Crippen molar-refractivity contribution in [1.82, 2.24) is 10.3 Å². The molecule has 2 aromatic rings. The highest BCUT2D eigenvalue weighted by molar-refractivity contribution is 9.10. The zero-order valence-corrected chi connectivity index (χ0v) is 15.6. The van der Waals surface area contributed by atoms with Crippen LogP contribution in [0.2, 0.25) is 0 Å². The van der Waals surface area contributed by atoms with Crippen molar-refractivity contribution in [2.45, 2.75) is 12.8 Å². The van der Waals surface area contributed by atoms with Crippen LogP contribution in [0.5, 0.6) is 0 Å². The molecule has 0 atom stereocenters. The van der Waals surface area contributed by atoms with E-state index < -0.39 is 0 Å². The predicted octanol–water partition coefficient (Wildman–Crippen LogP) is 3.77. The fraction of sp³-hybridized carbons (Fsp3) is 0.400. The van der Waals surface area contributed by atoms with E-state index in [-0.39, 0.29) is 17.3 Å².